The third kappa shape index (κ3) is 4.03. The van der Waals surface area contributed by atoms with Gasteiger partial charge in [-0.1, -0.05) is 6.07 Å². The molecule has 6 rings (SSSR count). The number of oxazole rings is 1. The number of carbonyl (C=O) groups excluding carboxylic acids is 1. The fourth-order valence-electron chi connectivity index (χ4n) is 4.68. The Morgan fingerprint density at radius 1 is 1.15 bits per heavy atom. The van der Waals surface area contributed by atoms with E-state index in [0.29, 0.717) is 13.0 Å². The molecule has 1 saturated carbocycles. The minimum Gasteiger partial charge on any atom is -0.444 e. The third-order valence-electron chi connectivity index (χ3n) is 6.28. The van der Waals surface area contributed by atoms with E-state index in [1.807, 2.05) is 0 Å². The van der Waals surface area contributed by atoms with E-state index in [2.05, 4.69) is 20.3 Å². The number of alkyl halides is 3. The molecule has 7 nitrogen and oxygen atoms in total. The van der Waals surface area contributed by atoms with Gasteiger partial charge in [-0.15, -0.1) is 0 Å². The summed E-state index contributed by atoms with van der Waals surface area (Å²) in [5, 5.41) is 3.12. The lowest BCUT2D eigenvalue weighted by molar-refractivity contribution is -0.138. The number of fused-ring (bicyclic) bond motifs is 3. The molecule has 3 aromatic rings. The molecular formula is C22H19F4N5O2. The SMILES string of the molecule is O=C(c1cccc(F)c1-c1ncco1)N1CC2CCC1CC2Nc1ncc(C(F)(F)F)cn1. The number of piperidine rings is 2. The molecule has 1 amide bonds. The molecule has 2 bridgehead atoms. The Labute approximate surface area is 185 Å². The van der Waals surface area contributed by atoms with E-state index in [4.69, 9.17) is 4.42 Å². The Morgan fingerprint density at radius 2 is 1.94 bits per heavy atom. The second-order valence-corrected chi connectivity index (χ2v) is 8.23. The number of halogens is 4. The van der Waals surface area contributed by atoms with Crippen molar-refractivity contribution in [2.24, 2.45) is 5.92 Å². The van der Waals surface area contributed by atoms with E-state index in [1.54, 1.807) is 11.0 Å². The highest BCUT2D eigenvalue weighted by atomic mass is 19.4. The first kappa shape index (κ1) is 21.4. The lowest BCUT2D eigenvalue weighted by atomic mass is 9.75. The van der Waals surface area contributed by atoms with Gasteiger partial charge in [0.05, 0.1) is 22.9 Å². The molecule has 4 heterocycles. The molecule has 3 unspecified atom stereocenters. The molecule has 2 saturated heterocycles. The van der Waals surface area contributed by atoms with Gasteiger partial charge in [0.2, 0.25) is 11.8 Å². The molecule has 172 valence electrons. The summed E-state index contributed by atoms with van der Waals surface area (Å²) in [4.78, 5) is 26.7. The van der Waals surface area contributed by atoms with Crippen molar-refractivity contribution in [1.82, 2.24) is 19.9 Å². The fourth-order valence-corrected chi connectivity index (χ4v) is 4.68. The number of amides is 1. The van der Waals surface area contributed by atoms with Crippen LogP contribution in [-0.2, 0) is 6.18 Å². The minimum atomic E-state index is -4.50. The predicted molar refractivity (Wildman–Crippen MR) is 109 cm³/mol. The van der Waals surface area contributed by atoms with Crippen LogP contribution >= 0.6 is 0 Å². The maximum Gasteiger partial charge on any atom is 0.419 e. The van der Waals surface area contributed by atoms with Crippen LogP contribution in [-0.4, -0.2) is 44.4 Å². The van der Waals surface area contributed by atoms with Crippen LogP contribution in [0, 0.1) is 11.7 Å². The summed E-state index contributed by atoms with van der Waals surface area (Å²) in [5.41, 5.74) is -0.700. The summed E-state index contributed by atoms with van der Waals surface area (Å²) in [6, 6.07) is 4.10. The van der Waals surface area contributed by atoms with Crippen molar-refractivity contribution in [2.75, 3.05) is 11.9 Å². The summed E-state index contributed by atoms with van der Waals surface area (Å²) in [7, 11) is 0. The van der Waals surface area contributed by atoms with Gasteiger partial charge in [0, 0.05) is 31.0 Å². The highest BCUT2D eigenvalue weighted by molar-refractivity contribution is 6.00. The van der Waals surface area contributed by atoms with Crippen LogP contribution in [0.1, 0.15) is 35.2 Å². The van der Waals surface area contributed by atoms with E-state index in [-0.39, 0.29) is 46.9 Å². The summed E-state index contributed by atoms with van der Waals surface area (Å²) < 4.78 is 58.0. The van der Waals surface area contributed by atoms with Crippen molar-refractivity contribution < 1.29 is 26.8 Å². The Morgan fingerprint density at radius 3 is 2.58 bits per heavy atom. The summed E-state index contributed by atoms with van der Waals surface area (Å²) in [5.74, 6) is -0.679. The zero-order valence-corrected chi connectivity index (χ0v) is 17.2. The topological polar surface area (TPSA) is 84.2 Å². The number of benzene rings is 1. The molecule has 3 aliphatic rings. The van der Waals surface area contributed by atoms with Crippen LogP contribution in [0.3, 0.4) is 0 Å². The summed E-state index contributed by atoms with van der Waals surface area (Å²) in [6.45, 7) is 0.434. The largest absolute Gasteiger partial charge is 0.444 e. The van der Waals surface area contributed by atoms with E-state index >= 15 is 0 Å². The zero-order chi connectivity index (χ0) is 23.2. The highest BCUT2D eigenvalue weighted by Gasteiger charge is 2.43. The third-order valence-corrected chi connectivity index (χ3v) is 6.28. The Hall–Kier alpha value is -3.50. The zero-order valence-electron chi connectivity index (χ0n) is 17.2. The van der Waals surface area contributed by atoms with E-state index in [9.17, 15) is 22.4 Å². The van der Waals surface area contributed by atoms with Gasteiger partial charge < -0.3 is 14.6 Å². The van der Waals surface area contributed by atoms with E-state index < -0.39 is 17.6 Å². The first-order chi connectivity index (χ1) is 15.8. The number of nitrogens with one attached hydrogen (secondary N) is 1. The molecule has 1 aliphatic carbocycles. The van der Waals surface area contributed by atoms with Gasteiger partial charge in [-0.2, -0.15) is 13.2 Å². The van der Waals surface area contributed by atoms with Crippen LogP contribution in [0.2, 0.25) is 0 Å². The fraction of sp³-hybridized carbons (Fsp3) is 0.364. The smallest absolute Gasteiger partial charge is 0.419 e. The van der Waals surface area contributed by atoms with Crippen molar-refractivity contribution in [3.63, 3.8) is 0 Å². The van der Waals surface area contributed by atoms with Crippen molar-refractivity contribution in [3.8, 4) is 11.5 Å². The van der Waals surface area contributed by atoms with Crippen LogP contribution < -0.4 is 5.32 Å². The number of nitrogens with zero attached hydrogens (tertiary/aromatic N) is 4. The van der Waals surface area contributed by atoms with Crippen LogP contribution in [0.5, 0.6) is 0 Å². The van der Waals surface area contributed by atoms with Gasteiger partial charge in [0.25, 0.3) is 5.91 Å². The average molecular weight is 461 g/mol. The Kier molecular flexibility index (Phi) is 5.26. The second kappa shape index (κ2) is 8.13. The summed E-state index contributed by atoms with van der Waals surface area (Å²) >= 11 is 0. The Balaban J connectivity index is 1.33. The lowest BCUT2D eigenvalue weighted by Gasteiger charge is -2.49. The molecule has 0 spiro atoms. The number of rotatable bonds is 4. The van der Waals surface area contributed by atoms with E-state index in [0.717, 1.165) is 25.2 Å². The van der Waals surface area contributed by atoms with Gasteiger partial charge in [-0.3, -0.25) is 4.79 Å². The van der Waals surface area contributed by atoms with Gasteiger partial charge in [-0.05, 0) is 37.3 Å². The molecule has 2 aliphatic heterocycles. The molecule has 11 heteroatoms. The Bertz CT molecular complexity index is 1150. The number of carbonyl (C=O) groups is 1. The number of anilines is 1. The minimum absolute atomic E-state index is 0.0294. The molecular weight excluding hydrogens is 442 g/mol. The van der Waals surface area contributed by atoms with Crippen molar-refractivity contribution in [2.45, 2.75) is 37.5 Å². The molecule has 0 radical (unpaired) electrons. The van der Waals surface area contributed by atoms with Gasteiger partial charge in [0.15, 0.2) is 0 Å². The monoisotopic (exact) mass is 461 g/mol. The van der Waals surface area contributed by atoms with Gasteiger partial charge >= 0.3 is 6.18 Å². The maximum absolute atomic E-state index is 14.6. The van der Waals surface area contributed by atoms with Crippen molar-refractivity contribution in [3.05, 3.63) is 60.0 Å². The van der Waals surface area contributed by atoms with E-state index in [1.165, 1.54) is 24.6 Å². The van der Waals surface area contributed by atoms with Crippen LogP contribution in [0.4, 0.5) is 23.5 Å². The van der Waals surface area contributed by atoms with Crippen LogP contribution in [0.15, 0.2) is 47.5 Å². The highest BCUT2D eigenvalue weighted by Crippen LogP contribution is 2.38. The second-order valence-electron chi connectivity index (χ2n) is 8.23. The number of hydrogen-bond acceptors (Lipinski definition) is 6. The van der Waals surface area contributed by atoms with Gasteiger partial charge in [0.1, 0.15) is 12.1 Å². The molecule has 2 aromatic heterocycles. The number of aromatic nitrogens is 3. The standard InChI is InChI=1S/C22H19F4N5O2/c23-16-3-1-2-15(18(16)19-27-6-7-33-19)20(32)31-11-12-4-5-14(31)8-17(12)30-21-28-9-13(10-29-21)22(24,25)26/h1-3,6-7,9-10,12,14,17H,4-5,8,11H2,(H,28,29,30). The molecule has 3 fully saturated rings. The molecule has 1 aromatic carbocycles. The molecule has 1 N–H and O–H groups in total. The molecule has 33 heavy (non-hydrogen) atoms. The first-order valence-electron chi connectivity index (χ1n) is 10.5. The lowest BCUT2D eigenvalue weighted by Crippen LogP contribution is -2.58. The maximum atomic E-state index is 14.6. The predicted octanol–water partition coefficient (Wildman–Crippen LogP) is 4.39. The summed E-state index contributed by atoms with van der Waals surface area (Å²) in [6.07, 6.45) is 1.93. The molecule has 3 atom stereocenters. The van der Waals surface area contributed by atoms with Crippen LogP contribution in [0.25, 0.3) is 11.5 Å². The first-order valence-corrected chi connectivity index (χ1v) is 10.5. The van der Waals surface area contributed by atoms with Crippen molar-refractivity contribution >= 4 is 11.9 Å². The van der Waals surface area contributed by atoms with Crippen molar-refractivity contribution in [1.29, 1.82) is 0 Å². The quantitative estimate of drug-likeness (QED) is 0.580. The number of hydrogen-bond donors (Lipinski definition) is 1. The average Bonchev–Trinajstić information content (AvgIpc) is 3.33. The van der Waals surface area contributed by atoms with Gasteiger partial charge in [-0.25, -0.2) is 19.3 Å². The normalized spacial score (nSPS) is 22.4.